The summed E-state index contributed by atoms with van der Waals surface area (Å²) < 4.78 is 0. The number of aliphatic hydroxyl groups excluding tert-OH is 1. The van der Waals surface area contributed by atoms with E-state index in [1.807, 2.05) is 18.2 Å². The number of benzene rings is 2. The molecule has 2 atom stereocenters. The van der Waals surface area contributed by atoms with Crippen LogP contribution < -0.4 is 5.32 Å². The highest BCUT2D eigenvalue weighted by atomic mass is 35.5. The fourth-order valence-electron chi connectivity index (χ4n) is 3.27. The van der Waals surface area contributed by atoms with Gasteiger partial charge in [-0.2, -0.15) is 0 Å². The van der Waals surface area contributed by atoms with Gasteiger partial charge >= 0.3 is 0 Å². The third-order valence-corrected chi connectivity index (χ3v) is 5.67. The van der Waals surface area contributed by atoms with Gasteiger partial charge < -0.3 is 20.2 Å². The summed E-state index contributed by atoms with van der Waals surface area (Å²) in [6.45, 7) is 1.83. The second-order valence-electron chi connectivity index (χ2n) is 7.22. The van der Waals surface area contributed by atoms with Crippen LogP contribution in [0.2, 0.25) is 10.0 Å². The van der Waals surface area contributed by atoms with E-state index in [1.165, 1.54) is 11.8 Å². The molecule has 0 radical (unpaired) electrons. The van der Waals surface area contributed by atoms with Crippen molar-refractivity contribution < 1.29 is 19.5 Å². The summed E-state index contributed by atoms with van der Waals surface area (Å²) in [5.41, 5.74) is 2.08. The molecule has 1 heterocycles. The fourth-order valence-corrected chi connectivity index (χ4v) is 3.59. The minimum absolute atomic E-state index is 0.0470. The zero-order valence-corrected chi connectivity index (χ0v) is 18.4. The molecule has 1 saturated heterocycles. The van der Waals surface area contributed by atoms with E-state index in [1.54, 1.807) is 30.3 Å². The van der Waals surface area contributed by atoms with Crippen LogP contribution >= 0.6 is 23.2 Å². The van der Waals surface area contributed by atoms with Gasteiger partial charge in [0.15, 0.2) is 0 Å². The number of carbonyl (C=O) groups is 2. The second kappa shape index (κ2) is 10.6. The number of oxime groups is 1. The number of likely N-dealkylation sites (tertiary alicyclic amines) is 1. The Morgan fingerprint density at radius 2 is 1.97 bits per heavy atom. The van der Waals surface area contributed by atoms with Crippen molar-refractivity contribution >= 4 is 40.7 Å². The standard InChI is InChI=1S/C22H23Cl2N3O4/c1-14(28)27-12-17(26-31-13-15-7-8-18(23)19(24)9-15)10-20(27)22(30)25-11-21(29)16-5-3-2-4-6-16/h2-9,20-21,29H,10-13H2,1H3,(H,25,30)/b26-17+/t20-,21+/m0/s1. The summed E-state index contributed by atoms with van der Waals surface area (Å²) >= 11 is 11.9. The Labute approximate surface area is 190 Å². The summed E-state index contributed by atoms with van der Waals surface area (Å²) in [5, 5.41) is 17.9. The topological polar surface area (TPSA) is 91.2 Å². The molecule has 1 aliphatic heterocycles. The highest BCUT2D eigenvalue weighted by Gasteiger charge is 2.36. The molecule has 31 heavy (non-hydrogen) atoms. The van der Waals surface area contributed by atoms with Gasteiger partial charge in [-0.1, -0.05) is 64.8 Å². The Hall–Kier alpha value is -2.61. The maximum absolute atomic E-state index is 12.7. The first-order valence-corrected chi connectivity index (χ1v) is 10.5. The van der Waals surface area contributed by atoms with Crippen molar-refractivity contribution in [3.8, 4) is 0 Å². The zero-order chi connectivity index (χ0) is 22.4. The fraction of sp³-hybridized carbons (Fsp3) is 0.318. The minimum atomic E-state index is -0.833. The maximum Gasteiger partial charge on any atom is 0.243 e. The zero-order valence-electron chi connectivity index (χ0n) is 16.9. The van der Waals surface area contributed by atoms with Crippen molar-refractivity contribution in [3.63, 3.8) is 0 Å². The normalized spacial score (nSPS) is 18.1. The lowest BCUT2D eigenvalue weighted by atomic mass is 10.1. The molecule has 0 spiro atoms. The quantitative estimate of drug-likeness (QED) is 0.615. The Balaban J connectivity index is 1.57. The average Bonchev–Trinajstić information content (AvgIpc) is 3.19. The predicted molar refractivity (Wildman–Crippen MR) is 119 cm³/mol. The van der Waals surface area contributed by atoms with Crippen molar-refractivity contribution in [2.45, 2.75) is 32.1 Å². The largest absolute Gasteiger partial charge is 0.391 e. The first-order valence-electron chi connectivity index (χ1n) is 9.74. The molecule has 2 N–H and O–H groups in total. The van der Waals surface area contributed by atoms with Crippen LogP contribution in [0, 0.1) is 0 Å². The molecule has 0 aliphatic carbocycles. The molecule has 0 unspecified atom stereocenters. The molecule has 1 aliphatic rings. The molecule has 0 saturated carbocycles. The van der Waals surface area contributed by atoms with Crippen LogP contribution in [0.5, 0.6) is 0 Å². The van der Waals surface area contributed by atoms with Crippen LogP contribution in [0.3, 0.4) is 0 Å². The van der Waals surface area contributed by atoms with Crippen molar-refractivity contribution in [3.05, 3.63) is 69.7 Å². The summed E-state index contributed by atoms with van der Waals surface area (Å²) in [4.78, 5) is 31.5. The van der Waals surface area contributed by atoms with Crippen LogP contribution in [-0.4, -0.2) is 46.7 Å². The number of carbonyl (C=O) groups excluding carboxylic acids is 2. The van der Waals surface area contributed by atoms with E-state index >= 15 is 0 Å². The Morgan fingerprint density at radius 3 is 2.65 bits per heavy atom. The summed E-state index contributed by atoms with van der Waals surface area (Å²) in [6, 6.07) is 13.5. The van der Waals surface area contributed by atoms with Gasteiger partial charge in [-0.3, -0.25) is 9.59 Å². The maximum atomic E-state index is 12.7. The predicted octanol–water partition coefficient (Wildman–Crippen LogP) is 3.34. The van der Waals surface area contributed by atoms with Gasteiger partial charge in [-0.25, -0.2) is 0 Å². The average molecular weight is 464 g/mol. The number of hydrogen-bond donors (Lipinski definition) is 2. The highest BCUT2D eigenvalue weighted by Crippen LogP contribution is 2.23. The monoisotopic (exact) mass is 463 g/mol. The molecule has 2 amide bonds. The molecule has 0 bridgehead atoms. The second-order valence-corrected chi connectivity index (χ2v) is 8.03. The summed E-state index contributed by atoms with van der Waals surface area (Å²) in [7, 11) is 0. The number of amides is 2. The van der Waals surface area contributed by atoms with Crippen LogP contribution in [-0.2, 0) is 21.0 Å². The first kappa shape index (κ1) is 23.1. The number of nitrogens with one attached hydrogen (secondary N) is 1. The van der Waals surface area contributed by atoms with Gasteiger partial charge in [0, 0.05) is 19.9 Å². The first-order chi connectivity index (χ1) is 14.8. The van der Waals surface area contributed by atoms with Crippen molar-refractivity contribution in [1.82, 2.24) is 10.2 Å². The SMILES string of the molecule is CC(=O)N1C/C(=N/OCc2ccc(Cl)c(Cl)c2)C[C@H]1C(=O)NC[C@@H](O)c1ccccc1. The summed E-state index contributed by atoms with van der Waals surface area (Å²) in [6.07, 6.45) is -0.575. The van der Waals surface area contributed by atoms with Crippen LogP contribution in [0.25, 0.3) is 0 Å². The molecule has 7 nitrogen and oxygen atoms in total. The number of aliphatic hydroxyl groups is 1. The van der Waals surface area contributed by atoms with E-state index < -0.39 is 12.1 Å². The molecule has 2 aromatic rings. The third kappa shape index (κ3) is 6.19. The number of nitrogens with zero attached hydrogens (tertiary/aromatic N) is 2. The minimum Gasteiger partial charge on any atom is -0.391 e. The van der Waals surface area contributed by atoms with E-state index in [4.69, 9.17) is 28.0 Å². The van der Waals surface area contributed by atoms with Crippen LogP contribution in [0.1, 0.15) is 30.6 Å². The molecule has 3 rings (SSSR count). The smallest absolute Gasteiger partial charge is 0.243 e. The Bertz CT molecular complexity index is 968. The molecule has 2 aromatic carbocycles. The van der Waals surface area contributed by atoms with Gasteiger partial charge in [-0.15, -0.1) is 0 Å². The molecule has 9 heteroatoms. The number of rotatable bonds is 7. The summed E-state index contributed by atoms with van der Waals surface area (Å²) in [5.74, 6) is -0.585. The lowest BCUT2D eigenvalue weighted by molar-refractivity contribution is -0.137. The van der Waals surface area contributed by atoms with E-state index in [-0.39, 0.29) is 37.9 Å². The lowest BCUT2D eigenvalue weighted by Gasteiger charge is -2.22. The van der Waals surface area contributed by atoms with E-state index in [2.05, 4.69) is 10.5 Å². The van der Waals surface area contributed by atoms with Gasteiger partial charge in [0.2, 0.25) is 11.8 Å². The van der Waals surface area contributed by atoms with E-state index in [0.717, 1.165) is 5.56 Å². The van der Waals surface area contributed by atoms with Gasteiger partial charge in [0.25, 0.3) is 0 Å². The molecular weight excluding hydrogens is 441 g/mol. The molecule has 0 aromatic heterocycles. The third-order valence-electron chi connectivity index (χ3n) is 4.93. The molecule has 1 fully saturated rings. The lowest BCUT2D eigenvalue weighted by Crippen LogP contribution is -2.46. The van der Waals surface area contributed by atoms with Crippen molar-refractivity contribution in [1.29, 1.82) is 0 Å². The van der Waals surface area contributed by atoms with Gasteiger partial charge in [-0.05, 0) is 23.3 Å². The van der Waals surface area contributed by atoms with Crippen molar-refractivity contribution in [2.24, 2.45) is 5.16 Å². The number of hydrogen-bond acceptors (Lipinski definition) is 5. The van der Waals surface area contributed by atoms with Crippen LogP contribution in [0.15, 0.2) is 53.7 Å². The van der Waals surface area contributed by atoms with Crippen LogP contribution in [0.4, 0.5) is 0 Å². The highest BCUT2D eigenvalue weighted by molar-refractivity contribution is 6.42. The van der Waals surface area contributed by atoms with Gasteiger partial charge in [0.05, 0.1) is 28.4 Å². The van der Waals surface area contributed by atoms with E-state index in [9.17, 15) is 14.7 Å². The van der Waals surface area contributed by atoms with Gasteiger partial charge in [0.1, 0.15) is 12.6 Å². The number of halogens is 2. The molecule has 164 valence electrons. The molecular formula is C22H23Cl2N3O4. The Morgan fingerprint density at radius 1 is 1.23 bits per heavy atom. The van der Waals surface area contributed by atoms with E-state index in [0.29, 0.717) is 21.3 Å². The Kier molecular flexibility index (Phi) is 7.90. The van der Waals surface area contributed by atoms with Crippen molar-refractivity contribution in [2.75, 3.05) is 13.1 Å².